The van der Waals surface area contributed by atoms with Crippen molar-refractivity contribution in [3.63, 3.8) is 0 Å². The van der Waals surface area contributed by atoms with E-state index in [9.17, 15) is 4.79 Å². The van der Waals surface area contributed by atoms with Crippen LogP contribution in [0.5, 0.6) is 0 Å². The fraction of sp³-hybridized carbons (Fsp3) is 0.462. The van der Waals surface area contributed by atoms with Crippen molar-refractivity contribution in [1.29, 1.82) is 0 Å². The Balaban J connectivity index is 1.11. The number of aromatic nitrogens is 4. The summed E-state index contributed by atoms with van der Waals surface area (Å²) in [6, 6.07) is 14.8. The lowest BCUT2D eigenvalue weighted by atomic mass is 9.75. The van der Waals surface area contributed by atoms with Gasteiger partial charge in [-0.1, -0.05) is 41.6 Å². The van der Waals surface area contributed by atoms with E-state index in [4.69, 9.17) is 0 Å². The van der Waals surface area contributed by atoms with Crippen LogP contribution in [0.4, 0.5) is 0 Å². The van der Waals surface area contributed by atoms with E-state index in [0.29, 0.717) is 18.5 Å². The molecule has 6 rings (SSSR count). The number of nitrogens with one attached hydrogen (secondary N) is 1. The summed E-state index contributed by atoms with van der Waals surface area (Å²) in [7, 11) is 2.11. The number of carbonyl (C=O) groups is 1. The van der Waals surface area contributed by atoms with Crippen LogP contribution in [0.25, 0.3) is 0 Å². The van der Waals surface area contributed by atoms with Crippen LogP contribution in [0, 0.1) is 11.8 Å². The van der Waals surface area contributed by atoms with E-state index < -0.39 is 0 Å². The van der Waals surface area contributed by atoms with Gasteiger partial charge in [0.05, 0.1) is 18.2 Å². The van der Waals surface area contributed by atoms with Crippen LogP contribution >= 0.6 is 0 Å². The van der Waals surface area contributed by atoms with Gasteiger partial charge in [0.25, 0.3) is 0 Å². The molecule has 8 heteroatoms. The first kappa shape index (κ1) is 22.7. The van der Waals surface area contributed by atoms with Crippen LogP contribution in [-0.2, 0) is 31.0 Å². The van der Waals surface area contributed by atoms with Gasteiger partial charge < -0.3 is 5.32 Å². The van der Waals surface area contributed by atoms with Crippen molar-refractivity contribution in [1.82, 2.24) is 35.1 Å². The molecule has 0 saturated carbocycles. The molecular formula is C26H33N7O. The first-order chi connectivity index (χ1) is 16.6. The summed E-state index contributed by atoms with van der Waals surface area (Å²) in [4.78, 5) is 21.7. The zero-order valence-electron chi connectivity index (χ0n) is 19.8. The molecule has 1 amide bonds. The predicted molar refractivity (Wildman–Crippen MR) is 129 cm³/mol. The Morgan fingerprint density at radius 3 is 2.76 bits per heavy atom. The van der Waals surface area contributed by atoms with Crippen molar-refractivity contribution >= 4 is 5.91 Å². The molecule has 2 aromatic heterocycles. The summed E-state index contributed by atoms with van der Waals surface area (Å²) < 4.78 is 1.98. The minimum Gasteiger partial charge on any atom is -0.352 e. The average molecular weight is 460 g/mol. The molecule has 2 unspecified atom stereocenters. The number of hydrogen-bond acceptors (Lipinski definition) is 6. The van der Waals surface area contributed by atoms with E-state index in [-0.39, 0.29) is 11.8 Å². The largest absolute Gasteiger partial charge is 0.352 e. The smallest absolute Gasteiger partial charge is 0.224 e. The Labute approximate surface area is 201 Å². The van der Waals surface area contributed by atoms with E-state index >= 15 is 0 Å². The van der Waals surface area contributed by atoms with Crippen molar-refractivity contribution in [3.8, 4) is 0 Å². The number of rotatable bonds is 9. The van der Waals surface area contributed by atoms with E-state index in [0.717, 1.165) is 56.8 Å². The quantitative estimate of drug-likeness (QED) is 0.529. The number of carbonyl (C=O) groups excluding carboxylic acids is 1. The Morgan fingerprint density at radius 2 is 2.00 bits per heavy atom. The van der Waals surface area contributed by atoms with Gasteiger partial charge in [0.1, 0.15) is 0 Å². The minimum atomic E-state index is 0.0691. The summed E-state index contributed by atoms with van der Waals surface area (Å²) in [6.45, 7) is 4.91. The number of hydrogen-bond donors (Lipinski definition) is 1. The fourth-order valence-electron chi connectivity index (χ4n) is 5.39. The number of amides is 1. The monoisotopic (exact) mass is 459 g/mol. The third kappa shape index (κ3) is 5.51. The van der Waals surface area contributed by atoms with E-state index in [1.54, 1.807) is 12.4 Å². The topological polar surface area (TPSA) is 79.2 Å². The number of piperidine rings is 3. The lowest BCUT2D eigenvalue weighted by molar-refractivity contribution is -0.133. The Morgan fingerprint density at radius 1 is 1.15 bits per heavy atom. The molecule has 34 heavy (non-hydrogen) atoms. The van der Waals surface area contributed by atoms with Crippen LogP contribution in [0.1, 0.15) is 29.7 Å². The lowest BCUT2D eigenvalue weighted by Gasteiger charge is -2.49. The van der Waals surface area contributed by atoms with Crippen LogP contribution in [-0.4, -0.2) is 61.9 Å². The number of fused-ring (bicyclic) bond motifs is 3. The van der Waals surface area contributed by atoms with Crippen LogP contribution < -0.4 is 5.32 Å². The van der Waals surface area contributed by atoms with Gasteiger partial charge in [-0.25, -0.2) is 0 Å². The molecule has 3 fully saturated rings. The highest BCUT2D eigenvalue weighted by molar-refractivity contribution is 5.79. The van der Waals surface area contributed by atoms with Crippen LogP contribution in [0.3, 0.4) is 0 Å². The maximum absolute atomic E-state index is 12.9. The van der Waals surface area contributed by atoms with E-state index in [1.165, 1.54) is 5.56 Å². The first-order valence-electron chi connectivity index (χ1n) is 12.2. The zero-order valence-corrected chi connectivity index (χ0v) is 19.8. The predicted octanol–water partition coefficient (Wildman–Crippen LogP) is 2.33. The zero-order chi connectivity index (χ0) is 23.3. The van der Waals surface area contributed by atoms with Crippen molar-refractivity contribution in [2.75, 3.05) is 20.1 Å². The van der Waals surface area contributed by atoms with Gasteiger partial charge in [-0.2, -0.15) is 0 Å². The lowest BCUT2D eigenvalue weighted by Crippen LogP contribution is -2.58. The summed E-state index contributed by atoms with van der Waals surface area (Å²) in [5.41, 5.74) is 3.32. The minimum absolute atomic E-state index is 0.0691. The summed E-state index contributed by atoms with van der Waals surface area (Å²) in [5.74, 6) is 0.671. The van der Waals surface area contributed by atoms with Gasteiger partial charge in [0, 0.05) is 50.8 Å². The standard InChI is InChI=1S/C26H33N7O/c1-31(15-20-6-3-2-4-7-20)16-23-17-33(30-29-23)18-24-12-22-9-11-32(24)19-25(22)26(34)28-14-21-8-5-10-27-13-21/h2-8,10,13,17,22,24-25H,9,11-12,14-16,18-19H2,1H3,(H,28,34)/t22?,24-,25+/m1/s1. The summed E-state index contributed by atoms with van der Waals surface area (Å²) in [5, 5.41) is 11.9. The van der Waals surface area contributed by atoms with Crippen molar-refractivity contribution in [3.05, 3.63) is 77.9 Å². The molecule has 0 radical (unpaired) electrons. The molecule has 3 aromatic rings. The first-order valence-corrected chi connectivity index (χ1v) is 12.2. The van der Waals surface area contributed by atoms with Crippen molar-refractivity contribution < 1.29 is 4.79 Å². The Bertz CT molecular complexity index is 1070. The fourth-order valence-corrected chi connectivity index (χ4v) is 5.39. The molecule has 178 valence electrons. The van der Waals surface area contributed by atoms with Gasteiger partial charge in [-0.3, -0.25) is 24.3 Å². The van der Waals surface area contributed by atoms with Crippen molar-refractivity contribution in [2.24, 2.45) is 11.8 Å². The van der Waals surface area contributed by atoms with Crippen LogP contribution in [0.2, 0.25) is 0 Å². The summed E-state index contributed by atoms with van der Waals surface area (Å²) >= 11 is 0. The Kier molecular flexibility index (Phi) is 6.97. The van der Waals surface area contributed by atoms with Gasteiger partial charge in [0.2, 0.25) is 5.91 Å². The number of pyridine rings is 1. The third-order valence-corrected chi connectivity index (χ3v) is 7.12. The van der Waals surface area contributed by atoms with E-state index in [1.807, 2.05) is 22.9 Å². The van der Waals surface area contributed by atoms with Gasteiger partial charge in [-0.05, 0) is 49.5 Å². The van der Waals surface area contributed by atoms with Crippen LogP contribution in [0.15, 0.2) is 61.1 Å². The second-order valence-corrected chi connectivity index (χ2v) is 9.71. The molecular weight excluding hydrogens is 426 g/mol. The SMILES string of the molecule is CN(Cc1ccccc1)Cc1cn(C[C@H]2CC3CCN2C[C@@H]3C(=O)NCc2cccnc2)nn1. The second kappa shape index (κ2) is 10.4. The highest BCUT2D eigenvalue weighted by atomic mass is 16.1. The number of nitrogens with zero attached hydrogens (tertiary/aromatic N) is 6. The molecule has 3 aliphatic heterocycles. The third-order valence-electron chi connectivity index (χ3n) is 7.12. The molecule has 3 saturated heterocycles. The molecule has 8 nitrogen and oxygen atoms in total. The molecule has 3 aliphatic rings. The normalized spacial score (nSPS) is 23.8. The van der Waals surface area contributed by atoms with Gasteiger partial charge in [0.15, 0.2) is 0 Å². The molecule has 4 atom stereocenters. The molecule has 1 aromatic carbocycles. The second-order valence-electron chi connectivity index (χ2n) is 9.71. The van der Waals surface area contributed by atoms with Crippen molar-refractivity contribution in [2.45, 2.75) is 45.1 Å². The Hall–Kier alpha value is -3.10. The maximum Gasteiger partial charge on any atom is 0.224 e. The molecule has 0 aliphatic carbocycles. The van der Waals surface area contributed by atoms with Gasteiger partial charge in [-0.15, -0.1) is 5.10 Å². The molecule has 1 N–H and O–H groups in total. The highest BCUT2D eigenvalue weighted by Crippen LogP contribution is 2.37. The summed E-state index contributed by atoms with van der Waals surface area (Å²) in [6.07, 6.45) is 7.75. The highest BCUT2D eigenvalue weighted by Gasteiger charge is 2.43. The molecule has 2 bridgehead atoms. The molecule has 0 spiro atoms. The average Bonchev–Trinajstić information content (AvgIpc) is 3.30. The van der Waals surface area contributed by atoms with E-state index in [2.05, 4.69) is 67.9 Å². The van der Waals surface area contributed by atoms with Gasteiger partial charge >= 0.3 is 0 Å². The maximum atomic E-state index is 12.9. The number of benzene rings is 1. The molecule has 5 heterocycles.